The van der Waals surface area contributed by atoms with Gasteiger partial charge in [-0.2, -0.15) is 0 Å². The molecule has 0 bridgehead atoms. The second kappa shape index (κ2) is 22.2. The highest BCUT2D eigenvalue weighted by atomic mass is 79.9. The minimum atomic E-state index is 0.0286. The van der Waals surface area contributed by atoms with E-state index in [1.54, 1.807) is 0 Å². The monoisotopic (exact) mass is 418 g/mol. The van der Waals surface area contributed by atoms with E-state index >= 15 is 0 Å². The molecule has 0 spiro atoms. The summed E-state index contributed by atoms with van der Waals surface area (Å²) in [7, 11) is 0. The van der Waals surface area contributed by atoms with E-state index < -0.39 is 0 Å². The predicted octanol–water partition coefficient (Wildman–Crippen LogP) is 7.80. The topological polar surface area (TPSA) is 18.5 Å². The lowest BCUT2D eigenvalue weighted by atomic mass is 10.1. The maximum absolute atomic E-state index is 5.97. The van der Waals surface area contributed by atoms with Crippen molar-refractivity contribution in [3.63, 3.8) is 0 Å². The van der Waals surface area contributed by atoms with Crippen molar-refractivity contribution in [1.82, 2.24) is 0 Å². The first-order valence-corrected chi connectivity index (χ1v) is 11.9. The van der Waals surface area contributed by atoms with Crippen LogP contribution in [-0.4, -0.2) is 24.8 Å². The summed E-state index contributed by atoms with van der Waals surface area (Å²) in [5.74, 6) is 0. The lowest BCUT2D eigenvalue weighted by Crippen LogP contribution is -2.19. The Morgan fingerprint density at radius 2 is 1.24 bits per heavy atom. The van der Waals surface area contributed by atoms with Crippen molar-refractivity contribution in [2.45, 2.75) is 110 Å². The summed E-state index contributed by atoms with van der Waals surface area (Å²) in [5, 5.41) is 1.08. The average Bonchev–Trinajstić information content (AvgIpc) is 2.63. The van der Waals surface area contributed by atoms with E-state index in [2.05, 4.69) is 41.9 Å². The number of alkyl halides is 1. The highest BCUT2D eigenvalue weighted by Gasteiger charge is 2.09. The van der Waals surface area contributed by atoms with Gasteiger partial charge < -0.3 is 9.47 Å². The van der Waals surface area contributed by atoms with Crippen LogP contribution in [0.1, 0.15) is 104 Å². The quantitative estimate of drug-likeness (QED) is 0.0867. The van der Waals surface area contributed by atoms with E-state index in [1.165, 1.54) is 64.2 Å². The molecule has 0 amide bonds. The zero-order valence-corrected chi connectivity index (χ0v) is 18.5. The summed E-state index contributed by atoms with van der Waals surface area (Å²) >= 11 is 3.45. The number of rotatable bonds is 20. The molecular formula is C22H43BrO2. The fourth-order valence-electron chi connectivity index (χ4n) is 2.75. The Labute approximate surface area is 166 Å². The van der Waals surface area contributed by atoms with Crippen LogP contribution in [0.4, 0.5) is 0 Å². The summed E-state index contributed by atoms with van der Waals surface area (Å²) in [6.07, 6.45) is 21.9. The smallest absolute Gasteiger partial charge is 0.157 e. The van der Waals surface area contributed by atoms with Gasteiger partial charge >= 0.3 is 0 Å². The molecule has 0 N–H and O–H groups in total. The molecule has 0 fully saturated rings. The van der Waals surface area contributed by atoms with Crippen LogP contribution >= 0.6 is 15.9 Å². The van der Waals surface area contributed by atoms with Crippen molar-refractivity contribution in [2.24, 2.45) is 0 Å². The standard InChI is InChI=1S/C22H43BrO2/c1-3-5-16-20-24-22(25-21-17-6-4-2)18-14-12-10-8-7-9-11-13-15-19-23/h11,13,22H,3-10,12,14-21H2,1-2H3/b13-11+. The van der Waals surface area contributed by atoms with E-state index in [9.17, 15) is 0 Å². The molecule has 0 aromatic carbocycles. The van der Waals surface area contributed by atoms with E-state index in [1.807, 2.05) is 0 Å². The molecule has 0 unspecified atom stereocenters. The van der Waals surface area contributed by atoms with Crippen molar-refractivity contribution < 1.29 is 9.47 Å². The molecule has 0 saturated carbocycles. The molecule has 0 aliphatic rings. The summed E-state index contributed by atoms with van der Waals surface area (Å²) in [6.45, 7) is 6.17. The van der Waals surface area contributed by atoms with Gasteiger partial charge in [-0.3, -0.25) is 0 Å². The molecule has 0 atom stereocenters. The number of allylic oxidation sites excluding steroid dienone is 2. The molecule has 3 heteroatoms. The molecule has 0 rings (SSSR count). The second-order valence-corrected chi connectivity index (χ2v) is 7.67. The fraction of sp³-hybridized carbons (Fsp3) is 0.909. The number of hydrogen-bond donors (Lipinski definition) is 0. The Kier molecular flexibility index (Phi) is 22.3. The van der Waals surface area contributed by atoms with Gasteiger partial charge in [-0.05, 0) is 44.9 Å². The Balaban J connectivity index is 3.66. The highest BCUT2D eigenvalue weighted by Crippen LogP contribution is 2.13. The Morgan fingerprint density at radius 3 is 1.84 bits per heavy atom. The molecule has 0 aliphatic heterocycles. The Bertz CT molecular complexity index is 257. The van der Waals surface area contributed by atoms with Gasteiger partial charge in [0.25, 0.3) is 0 Å². The Morgan fingerprint density at radius 1 is 0.680 bits per heavy atom. The van der Waals surface area contributed by atoms with Crippen molar-refractivity contribution in [3.8, 4) is 0 Å². The van der Waals surface area contributed by atoms with Gasteiger partial charge in [0.1, 0.15) is 0 Å². The summed E-state index contributed by atoms with van der Waals surface area (Å²) in [6, 6.07) is 0. The van der Waals surface area contributed by atoms with Gasteiger partial charge in [0, 0.05) is 18.5 Å². The van der Waals surface area contributed by atoms with Gasteiger partial charge in [0.15, 0.2) is 6.29 Å². The van der Waals surface area contributed by atoms with Crippen molar-refractivity contribution >= 4 is 15.9 Å². The third-order valence-electron chi connectivity index (χ3n) is 4.36. The van der Waals surface area contributed by atoms with Gasteiger partial charge in [-0.1, -0.05) is 86.9 Å². The summed E-state index contributed by atoms with van der Waals surface area (Å²) < 4.78 is 11.9. The molecule has 0 aliphatic carbocycles. The van der Waals surface area contributed by atoms with Gasteiger partial charge in [0.05, 0.1) is 0 Å². The van der Waals surface area contributed by atoms with Crippen LogP contribution < -0.4 is 0 Å². The molecule has 2 nitrogen and oxygen atoms in total. The molecular weight excluding hydrogens is 376 g/mol. The molecule has 0 heterocycles. The van der Waals surface area contributed by atoms with Crippen LogP contribution in [0.3, 0.4) is 0 Å². The third-order valence-corrected chi connectivity index (χ3v) is 4.81. The van der Waals surface area contributed by atoms with Crippen LogP contribution in [0, 0.1) is 0 Å². The third kappa shape index (κ3) is 20.3. The summed E-state index contributed by atoms with van der Waals surface area (Å²) in [5.41, 5.74) is 0. The van der Waals surface area contributed by atoms with E-state index in [-0.39, 0.29) is 6.29 Å². The van der Waals surface area contributed by atoms with Crippen molar-refractivity contribution in [3.05, 3.63) is 12.2 Å². The predicted molar refractivity (Wildman–Crippen MR) is 115 cm³/mol. The molecule has 25 heavy (non-hydrogen) atoms. The van der Waals surface area contributed by atoms with Crippen LogP contribution in [-0.2, 0) is 9.47 Å². The number of hydrogen-bond acceptors (Lipinski definition) is 2. The van der Waals surface area contributed by atoms with Crippen molar-refractivity contribution in [1.29, 1.82) is 0 Å². The number of unbranched alkanes of at least 4 members (excludes halogenated alkanes) is 9. The Hall–Kier alpha value is 0.140. The molecule has 0 aromatic rings. The summed E-state index contributed by atoms with van der Waals surface area (Å²) in [4.78, 5) is 0. The highest BCUT2D eigenvalue weighted by molar-refractivity contribution is 9.09. The van der Waals surface area contributed by atoms with Crippen LogP contribution in [0.15, 0.2) is 12.2 Å². The first-order chi connectivity index (χ1) is 12.3. The van der Waals surface area contributed by atoms with E-state index in [4.69, 9.17) is 9.47 Å². The normalized spacial score (nSPS) is 11.8. The van der Waals surface area contributed by atoms with E-state index in [0.29, 0.717) is 0 Å². The van der Waals surface area contributed by atoms with Crippen molar-refractivity contribution in [2.75, 3.05) is 18.5 Å². The van der Waals surface area contributed by atoms with Crippen LogP contribution in [0.5, 0.6) is 0 Å². The lowest BCUT2D eigenvalue weighted by Gasteiger charge is -2.18. The molecule has 0 saturated heterocycles. The van der Waals surface area contributed by atoms with E-state index in [0.717, 1.165) is 44.2 Å². The van der Waals surface area contributed by atoms with Gasteiger partial charge in [-0.25, -0.2) is 0 Å². The SMILES string of the molecule is CCCCCOC(CCCCCCC/C=C/CCBr)OCCCCC. The second-order valence-electron chi connectivity index (χ2n) is 6.88. The van der Waals surface area contributed by atoms with Gasteiger partial charge in [0.2, 0.25) is 0 Å². The average molecular weight is 419 g/mol. The zero-order valence-electron chi connectivity index (χ0n) is 16.9. The lowest BCUT2D eigenvalue weighted by molar-refractivity contribution is -0.148. The van der Waals surface area contributed by atoms with Crippen LogP contribution in [0.25, 0.3) is 0 Å². The minimum absolute atomic E-state index is 0.0286. The fourth-order valence-corrected chi connectivity index (χ4v) is 3.02. The van der Waals surface area contributed by atoms with Crippen LogP contribution in [0.2, 0.25) is 0 Å². The first-order valence-electron chi connectivity index (χ1n) is 10.8. The molecule has 0 aromatic heterocycles. The number of halogens is 1. The first kappa shape index (κ1) is 25.1. The zero-order chi connectivity index (χ0) is 18.4. The van der Waals surface area contributed by atoms with Gasteiger partial charge in [-0.15, -0.1) is 0 Å². The maximum atomic E-state index is 5.97. The molecule has 0 radical (unpaired) electrons. The minimum Gasteiger partial charge on any atom is -0.353 e. The molecule has 150 valence electrons. The maximum Gasteiger partial charge on any atom is 0.157 e. The number of ether oxygens (including phenoxy) is 2. The largest absolute Gasteiger partial charge is 0.353 e.